The molecule has 0 heterocycles. The first-order valence-corrected chi connectivity index (χ1v) is 12.3. The molecule has 0 aromatic carbocycles. The molecule has 9 atom stereocenters. The van der Waals surface area contributed by atoms with Crippen LogP contribution in [0.15, 0.2) is 11.6 Å². The van der Waals surface area contributed by atoms with E-state index in [0.29, 0.717) is 36.7 Å². The maximum Gasteiger partial charge on any atom is 0.305 e. The number of rotatable bonds is 4. The summed E-state index contributed by atoms with van der Waals surface area (Å²) in [5.41, 5.74) is 0.215. The van der Waals surface area contributed by atoms with Crippen molar-refractivity contribution in [2.45, 2.75) is 91.5 Å². The quantitative estimate of drug-likeness (QED) is 0.481. The van der Waals surface area contributed by atoms with Crippen molar-refractivity contribution >= 4 is 11.8 Å². The highest BCUT2D eigenvalue weighted by molar-refractivity contribution is 5.99. The Hall–Kier alpha value is -1.16. The molecule has 0 unspecified atom stereocenters. The summed E-state index contributed by atoms with van der Waals surface area (Å²) in [5, 5.41) is 10.5. The highest BCUT2D eigenvalue weighted by Gasteiger charge is 2.64. The first kappa shape index (κ1) is 19.3. The van der Waals surface area contributed by atoms with Crippen molar-refractivity contribution in [3.05, 3.63) is 11.6 Å². The van der Waals surface area contributed by atoms with Crippen molar-refractivity contribution in [1.82, 2.24) is 0 Å². The fraction of sp³-hybridized carbons (Fsp3) is 0.852. The van der Waals surface area contributed by atoms with E-state index >= 15 is 0 Å². The lowest BCUT2D eigenvalue weighted by Crippen LogP contribution is -2.58. The lowest BCUT2D eigenvalue weighted by atomic mass is 9.43. The monoisotopic (exact) mass is 433 g/mol. The minimum absolute atomic E-state index is 0.00476. The third-order valence-electron chi connectivity index (χ3n) is 10.3. The molecule has 0 spiro atoms. The van der Waals surface area contributed by atoms with Crippen LogP contribution < -0.4 is 0 Å². The molecule has 0 aliphatic heterocycles. The van der Waals surface area contributed by atoms with Gasteiger partial charge in [-0.15, -0.1) is 0 Å². The van der Waals surface area contributed by atoms with Crippen LogP contribution in [0, 0.1) is 46.3 Å². The summed E-state index contributed by atoms with van der Waals surface area (Å²) in [6, 6.07) is -0.165. The van der Waals surface area contributed by atoms with Gasteiger partial charge in [0.2, 0.25) is 0 Å². The van der Waals surface area contributed by atoms with Crippen LogP contribution in [0.4, 0.5) is 0 Å². The number of aliphatic hydroxyl groups is 1. The third-order valence-corrected chi connectivity index (χ3v) is 10.3. The molecule has 4 aliphatic rings. The van der Waals surface area contributed by atoms with Crippen molar-refractivity contribution in [2.75, 3.05) is 7.11 Å². The molecule has 4 rings (SSSR count). The van der Waals surface area contributed by atoms with Gasteiger partial charge in [-0.2, -0.15) is 0 Å². The lowest BCUT2D eigenvalue weighted by Gasteiger charge is -2.61. The Morgan fingerprint density at radius 2 is 1.97 bits per heavy atom. The van der Waals surface area contributed by atoms with E-state index in [1.807, 2.05) is 0 Å². The normalized spacial score (nSPS) is 48.6. The molecule has 4 saturated carbocycles. The summed E-state index contributed by atoms with van der Waals surface area (Å²) in [7, 11) is 1.43. The second kappa shape index (κ2) is 8.32. The Kier molecular flexibility index (Phi) is 5.18. The summed E-state index contributed by atoms with van der Waals surface area (Å²) < 4.78 is 29.2. The van der Waals surface area contributed by atoms with E-state index < -0.39 is 13.0 Å². The summed E-state index contributed by atoms with van der Waals surface area (Å²) in [4.78, 5) is 25.9. The topological polar surface area (TPSA) is 63.6 Å². The van der Waals surface area contributed by atoms with Gasteiger partial charge in [0.1, 0.15) is 0 Å². The van der Waals surface area contributed by atoms with Crippen LogP contribution in [-0.4, -0.2) is 30.1 Å². The zero-order chi connectivity index (χ0) is 25.0. The van der Waals surface area contributed by atoms with E-state index in [2.05, 4.69) is 20.8 Å². The van der Waals surface area contributed by atoms with E-state index in [0.717, 1.165) is 38.5 Å². The highest BCUT2D eigenvalue weighted by Crippen LogP contribution is 2.68. The second-order valence-corrected chi connectivity index (χ2v) is 11.5. The third kappa shape index (κ3) is 3.52. The number of Topliss-reactive ketones (excluding diaryl/α,β-unsaturated/α-hetero) is 1. The lowest BCUT2D eigenvalue weighted by molar-refractivity contribution is -0.150. The highest BCUT2D eigenvalue weighted by atomic mass is 16.5. The van der Waals surface area contributed by atoms with Gasteiger partial charge in [0.25, 0.3) is 0 Å². The van der Waals surface area contributed by atoms with E-state index in [9.17, 15) is 14.7 Å². The standard InChI is InChI=1S/C27H42O4/c1-6-18-22-15-17(28)11-13-27(22,4)21-12-14-26(3)19(16(2)7-10-23(29)31-5)8-9-20(26)24(21)25(18)30/h6,16-17,19-22,24,28H,7-15H2,1-5H3/t16-,17-,19-,20+,21+,22+,24+,26-,27-/m1/s1/i1D2,6D. The number of methoxy groups -OCH3 is 1. The number of allylic oxidation sites excluding steroid dienone is 2. The van der Waals surface area contributed by atoms with Crippen LogP contribution in [0.2, 0.25) is 0 Å². The Morgan fingerprint density at radius 3 is 2.68 bits per heavy atom. The van der Waals surface area contributed by atoms with Crippen LogP contribution in [0.5, 0.6) is 0 Å². The van der Waals surface area contributed by atoms with E-state index in [1.54, 1.807) is 0 Å². The molecule has 1 N–H and O–H groups in total. The molecule has 174 valence electrons. The van der Waals surface area contributed by atoms with Crippen LogP contribution in [0.3, 0.4) is 0 Å². The zero-order valence-electron chi connectivity index (χ0n) is 22.7. The molecule has 4 heteroatoms. The summed E-state index contributed by atoms with van der Waals surface area (Å²) in [5.74, 6) is 0.697. The molecule has 0 bridgehead atoms. The van der Waals surface area contributed by atoms with Crippen LogP contribution in [0.25, 0.3) is 0 Å². The average Bonchev–Trinajstić information content (AvgIpc) is 3.15. The number of ether oxygens (including phenoxy) is 1. The van der Waals surface area contributed by atoms with Gasteiger partial charge in [-0.05, 0) is 104 Å². The molecule has 0 aromatic heterocycles. The minimum Gasteiger partial charge on any atom is -0.469 e. The number of fused-ring (bicyclic) bond motifs is 5. The molecule has 0 saturated heterocycles. The number of hydrogen-bond acceptors (Lipinski definition) is 4. The Labute approximate surface area is 192 Å². The van der Waals surface area contributed by atoms with Crippen molar-refractivity contribution in [3.8, 4) is 0 Å². The van der Waals surface area contributed by atoms with E-state index in [1.165, 1.54) is 7.11 Å². The van der Waals surface area contributed by atoms with Crippen molar-refractivity contribution < 1.29 is 23.5 Å². The van der Waals surface area contributed by atoms with Gasteiger partial charge in [-0.25, -0.2) is 0 Å². The smallest absolute Gasteiger partial charge is 0.305 e. The van der Waals surface area contributed by atoms with Gasteiger partial charge < -0.3 is 9.84 Å². The zero-order valence-corrected chi connectivity index (χ0v) is 19.7. The van der Waals surface area contributed by atoms with E-state index in [-0.39, 0.29) is 52.3 Å². The maximum atomic E-state index is 14.1. The first-order chi connectivity index (χ1) is 16.0. The number of ketones is 1. The Balaban J connectivity index is 1.68. The fourth-order valence-corrected chi connectivity index (χ4v) is 8.59. The molecule has 4 aliphatic carbocycles. The number of carbonyl (C=O) groups is 2. The van der Waals surface area contributed by atoms with Crippen molar-refractivity contribution in [1.29, 1.82) is 0 Å². The fourth-order valence-electron chi connectivity index (χ4n) is 8.59. The van der Waals surface area contributed by atoms with Crippen LogP contribution >= 0.6 is 0 Å². The Morgan fingerprint density at radius 1 is 1.26 bits per heavy atom. The summed E-state index contributed by atoms with van der Waals surface area (Å²) >= 11 is 0. The SMILES string of the molecule is [2H]C(=C1C(=O)[C@@H]2[C@H](CC[C@]3(C)[C@@H]([C@H](C)CCC(=O)OC)CC[C@@H]23)[C@@]2(C)CC[C@@H](O)C[C@@H]12)C([2H])[2H]. The molecular formula is C27H42O4. The predicted octanol–water partition coefficient (Wildman–Crippen LogP) is 5.33. The Bertz CT molecular complexity index is 857. The van der Waals surface area contributed by atoms with Crippen molar-refractivity contribution in [2.24, 2.45) is 46.3 Å². The first-order valence-electron chi connectivity index (χ1n) is 13.9. The molecular weight excluding hydrogens is 388 g/mol. The second-order valence-electron chi connectivity index (χ2n) is 11.5. The molecule has 0 aromatic rings. The molecule has 0 radical (unpaired) electrons. The molecule has 31 heavy (non-hydrogen) atoms. The average molecular weight is 434 g/mol. The largest absolute Gasteiger partial charge is 0.469 e. The number of hydrogen-bond donors (Lipinski definition) is 1. The van der Waals surface area contributed by atoms with Gasteiger partial charge in [0, 0.05) is 15.1 Å². The van der Waals surface area contributed by atoms with Gasteiger partial charge in [-0.1, -0.05) is 26.8 Å². The van der Waals surface area contributed by atoms with Gasteiger partial charge in [0.15, 0.2) is 5.78 Å². The van der Waals surface area contributed by atoms with E-state index in [4.69, 9.17) is 8.85 Å². The number of aliphatic hydroxyl groups excluding tert-OH is 1. The van der Waals surface area contributed by atoms with Crippen molar-refractivity contribution in [3.63, 3.8) is 0 Å². The number of carbonyl (C=O) groups excluding carboxylic acids is 2. The van der Waals surface area contributed by atoms with Crippen LogP contribution in [-0.2, 0) is 14.3 Å². The minimum atomic E-state index is -1.48. The number of esters is 1. The summed E-state index contributed by atoms with van der Waals surface area (Å²) in [6.07, 6.45) is 6.79. The summed E-state index contributed by atoms with van der Waals surface area (Å²) in [6.45, 7) is 5.34. The molecule has 0 amide bonds. The molecule has 4 nitrogen and oxygen atoms in total. The predicted molar refractivity (Wildman–Crippen MR) is 121 cm³/mol. The van der Waals surface area contributed by atoms with Crippen LogP contribution in [0.1, 0.15) is 89.5 Å². The van der Waals surface area contributed by atoms with Gasteiger partial charge >= 0.3 is 5.97 Å². The van der Waals surface area contributed by atoms with Gasteiger partial charge in [0.05, 0.1) is 14.6 Å². The van der Waals surface area contributed by atoms with Gasteiger partial charge in [-0.3, -0.25) is 9.59 Å². The molecule has 4 fully saturated rings. The maximum absolute atomic E-state index is 14.1.